The normalized spacial score (nSPS) is 15.9. The number of amides is 2. The maximum Gasteiger partial charge on any atom is 0.414 e. The molecule has 1 saturated heterocycles. The van der Waals surface area contributed by atoms with E-state index in [1.54, 1.807) is 31.3 Å². The van der Waals surface area contributed by atoms with Gasteiger partial charge in [0.2, 0.25) is 5.91 Å². The first-order chi connectivity index (χ1) is 13.4. The minimum Gasteiger partial charge on any atom is -0.442 e. The average molecular weight is 385 g/mol. The van der Waals surface area contributed by atoms with Gasteiger partial charge in [-0.1, -0.05) is 0 Å². The number of nitrogens with one attached hydrogen (secondary N) is 2. The van der Waals surface area contributed by atoms with E-state index in [1.807, 2.05) is 0 Å². The third kappa shape index (κ3) is 4.11. The molecule has 2 aromatic carbocycles. The number of ether oxygens (including phenoxy) is 1. The highest BCUT2D eigenvalue weighted by Crippen LogP contribution is 2.32. The first kappa shape index (κ1) is 19.3. The third-order valence-corrected chi connectivity index (χ3v) is 4.40. The minimum atomic E-state index is -0.597. The fourth-order valence-electron chi connectivity index (χ4n) is 3.01. The van der Waals surface area contributed by atoms with Crippen molar-refractivity contribution < 1.29 is 18.7 Å². The molecular weight excluding hydrogens is 365 g/mol. The molecule has 1 aliphatic rings. The Balaban J connectivity index is 1.88. The monoisotopic (exact) mass is 385 g/mol. The number of nitrogens with zero attached hydrogens (tertiary/aromatic N) is 1. The second-order valence-corrected chi connectivity index (χ2v) is 6.36. The maximum atomic E-state index is 14.9. The van der Waals surface area contributed by atoms with Crippen LogP contribution in [0.4, 0.5) is 20.6 Å². The van der Waals surface area contributed by atoms with E-state index < -0.39 is 18.0 Å². The Bertz CT molecular complexity index is 980. The molecule has 0 spiro atoms. The first-order valence-electron chi connectivity index (χ1n) is 8.73. The lowest BCUT2D eigenvalue weighted by Gasteiger charge is -2.15. The molecule has 0 unspecified atom stereocenters. The Labute approximate surface area is 161 Å². The van der Waals surface area contributed by atoms with Gasteiger partial charge >= 0.3 is 6.09 Å². The van der Waals surface area contributed by atoms with Crippen LogP contribution in [0.5, 0.6) is 0 Å². The van der Waals surface area contributed by atoms with Crippen LogP contribution in [0.1, 0.15) is 6.92 Å². The van der Waals surface area contributed by atoms with Gasteiger partial charge in [-0.2, -0.15) is 0 Å². The number of halogens is 1. The Morgan fingerprint density at radius 2 is 1.89 bits per heavy atom. The summed E-state index contributed by atoms with van der Waals surface area (Å²) >= 11 is 0. The first-order valence-corrected chi connectivity index (χ1v) is 8.73. The zero-order chi connectivity index (χ0) is 20.3. The van der Waals surface area contributed by atoms with Crippen LogP contribution >= 0.6 is 0 Å². The fourth-order valence-corrected chi connectivity index (χ4v) is 3.01. The summed E-state index contributed by atoms with van der Waals surface area (Å²) in [6.07, 6.45) is -1.10. The van der Waals surface area contributed by atoms with Crippen LogP contribution in [-0.2, 0) is 9.53 Å². The molecule has 1 fully saturated rings. The van der Waals surface area contributed by atoms with Gasteiger partial charge in [0.25, 0.3) is 0 Å². The summed E-state index contributed by atoms with van der Waals surface area (Å²) in [5.41, 5.74) is 1.59. The number of hydrogen-bond acceptors (Lipinski definition) is 5. The Hall–Kier alpha value is -3.42. The summed E-state index contributed by atoms with van der Waals surface area (Å²) in [6, 6.07) is 10.3. The molecule has 2 aromatic rings. The number of cyclic esters (lactones) is 1. The Morgan fingerprint density at radius 1 is 1.18 bits per heavy atom. The molecule has 1 atom stereocenters. The average Bonchev–Trinajstić information content (AvgIpc) is 2.93. The summed E-state index contributed by atoms with van der Waals surface area (Å²) in [6.45, 7) is 1.78. The van der Waals surface area contributed by atoms with Gasteiger partial charge in [-0.05, 0) is 42.5 Å². The van der Waals surface area contributed by atoms with Gasteiger partial charge in [0, 0.05) is 30.8 Å². The predicted octanol–water partition coefficient (Wildman–Crippen LogP) is 2.36. The van der Waals surface area contributed by atoms with Crippen LogP contribution in [0.15, 0.2) is 47.3 Å². The van der Waals surface area contributed by atoms with E-state index in [2.05, 4.69) is 10.6 Å². The van der Waals surface area contributed by atoms with Crippen molar-refractivity contribution >= 4 is 23.4 Å². The van der Waals surface area contributed by atoms with Crippen molar-refractivity contribution in [3.05, 3.63) is 58.5 Å². The van der Waals surface area contributed by atoms with E-state index in [-0.39, 0.29) is 24.4 Å². The molecule has 2 N–H and O–H groups in total. The molecule has 2 amide bonds. The largest absolute Gasteiger partial charge is 0.442 e. The standard InChI is InChI=1S/C20H20FN3O4/c1-12(25)23-10-15-11-24(20(27)28-15)13-3-6-16(18(21)9-13)17-7-4-14(26)5-8-19(17)22-2/h3-9,15,22H,10-11H2,1-2H3,(H,23,25)/t15-/m0/s1. The highest BCUT2D eigenvalue weighted by Gasteiger charge is 2.32. The number of carbonyl (C=O) groups excluding carboxylic acids is 2. The lowest BCUT2D eigenvalue weighted by atomic mass is 10.0. The van der Waals surface area contributed by atoms with E-state index in [0.717, 1.165) is 0 Å². The van der Waals surface area contributed by atoms with Crippen LogP contribution in [0.3, 0.4) is 0 Å². The van der Waals surface area contributed by atoms with Gasteiger partial charge in [0.1, 0.15) is 11.9 Å². The number of hydrogen-bond donors (Lipinski definition) is 2. The van der Waals surface area contributed by atoms with Crippen LogP contribution in [0.2, 0.25) is 0 Å². The van der Waals surface area contributed by atoms with Crippen LogP contribution < -0.4 is 21.0 Å². The van der Waals surface area contributed by atoms with Crippen molar-refractivity contribution in [2.45, 2.75) is 13.0 Å². The maximum absolute atomic E-state index is 14.9. The van der Waals surface area contributed by atoms with E-state index in [1.165, 1.54) is 30.0 Å². The van der Waals surface area contributed by atoms with Crippen molar-refractivity contribution in [3.8, 4) is 11.1 Å². The van der Waals surface area contributed by atoms with Gasteiger partial charge in [0.05, 0.1) is 18.8 Å². The smallest absolute Gasteiger partial charge is 0.414 e. The van der Waals surface area contributed by atoms with E-state index >= 15 is 0 Å². The van der Waals surface area contributed by atoms with E-state index in [4.69, 9.17) is 4.74 Å². The molecule has 28 heavy (non-hydrogen) atoms. The quantitative estimate of drug-likeness (QED) is 0.825. The van der Waals surface area contributed by atoms with E-state index in [0.29, 0.717) is 22.5 Å². The van der Waals surface area contributed by atoms with Crippen molar-refractivity contribution in [2.24, 2.45) is 0 Å². The molecule has 0 bridgehead atoms. The van der Waals surface area contributed by atoms with Crippen molar-refractivity contribution in [3.63, 3.8) is 0 Å². The van der Waals surface area contributed by atoms with Gasteiger partial charge < -0.3 is 15.4 Å². The number of rotatable bonds is 5. The van der Waals surface area contributed by atoms with Gasteiger partial charge in [0.15, 0.2) is 5.43 Å². The summed E-state index contributed by atoms with van der Waals surface area (Å²) in [4.78, 5) is 36.0. The minimum absolute atomic E-state index is 0.190. The Morgan fingerprint density at radius 3 is 2.57 bits per heavy atom. The molecule has 146 valence electrons. The molecule has 1 heterocycles. The number of benzene rings is 1. The number of carbonyl (C=O) groups is 2. The lowest BCUT2D eigenvalue weighted by molar-refractivity contribution is -0.119. The molecule has 0 saturated carbocycles. The highest BCUT2D eigenvalue weighted by atomic mass is 19.1. The number of anilines is 2. The van der Waals surface area contributed by atoms with Gasteiger partial charge in [-0.25, -0.2) is 9.18 Å². The van der Waals surface area contributed by atoms with Crippen molar-refractivity contribution in [2.75, 3.05) is 30.4 Å². The molecule has 8 heteroatoms. The molecule has 1 aliphatic heterocycles. The molecule has 0 aromatic heterocycles. The van der Waals surface area contributed by atoms with Crippen LogP contribution in [0.25, 0.3) is 11.1 Å². The summed E-state index contributed by atoms with van der Waals surface area (Å²) < 4.78 is 20.1. The summed E-state index contributed by atoms with van der Waals surface area (Å²) in [7, 11) is 1.69. The summed E-state index contributed by atoms with van der Waals surface area (Å²) in [5.74, 6) is -0.756. The third-order valence-electron chi connectivity index (χ3n) is 4.40. The van der Waals surface area contributed by atoms with E-state index in [9.17, 15) is 18.8 Å². The SMILES string of the molecule is CNc1ccc(=O)ccc1-c1ccc(N2C[C@H](CNC(C)=O)OC2=O)cc1F. The zero-order valence-electron chi connectivity index (χ0n) is 15.5. The van der Waals surface area contributed by atoms with Crippen LogP contribution in [-0.4, -0.2) is 38.2 Å². The van der Waals surface area contributed by atoms with Gasteiger partial charge in [-0.3, -0.25) is 14.5 Å². The Kier molecular flexibility index (Phi) is 5.58. The zero-order valence-corrected chi connectivity index (χ0v) is 15.5. The molecule has 0 aliphatic carbocycles. The molecule has 0 radical (unpaired) electrons. The second kappa shape index (κ2) is 8.08. The second-order valence-electron chi connectivity index (χ2n) is 6.36. The molecule has 7 nitrogen and oxygen atoms in total. The lowest BCUT2D eigenvalue weighted by Crippen LogP contribution is -2.33. The fraction of sp³-hybridized carbons (Fsp3) is 0.250. The molecule has 3 rings (SSSR count). The predicted molar refractivity (Wildman–Crippen MR) is 104 cm³/mol. The highest BCUT2D eigenvalue weighted by molar-refractivity contribution is 5.90. The topological polar surface area (TPSA) is 87.7 Å². The van der Waals surface area contributed by atoms with Gasteiger partial charge in [-0.15, -0.1) is 0 Å². The van der Waals surface area contributed by atoms with Crippen LogP contribution in [0, 0.1) is 5.82 Å². The van der Waals surface area contributed by atoms with Crippen molar-refractivity contribution in [1.29, 1.82) is 0 Å². The summed E-state index contributed by atoms with van der Waals surface area (Å²) in [5, 5.41) is 5.54. The molecular formula is C20H20FN3O4. The van der Waals surface area contributed by atoms with Crippen molar-refractivity contribution in [1.82, 2.24) is 5.32 Å².